The van der Waals surface area contributed by atoms with E-state index >= 15 is 0 Å². The summed E-state index contributed by atoms with van der Waals surface area (Å²) in [6.45, 7) is 13.3. The molecular formula is C12H24O3. The fourth-order valence-corrected chi connectivity index (χ4v) is 1.09. The van der Waals surface area contributed by atoms with Gasteiger partial charge in [-0.05, 0) is 48.0 Å². The highest BCUT2D eigenvalue weighted by atomic mass is 16.6. The van der Waals surface area contributed by atoms with Crippen LogP contribution in [-0.2, 0) is 14.3 Å². The molecule has 0 aromatic rings. The van der Waals surface area contributed by atoms with Gasteiger partial charge in [-0.3, -0.25) is 0 Å². The minimum atomic E-state index is -0.468. The van der Waals surface area contributed by atoms with Gasteiger partial charge in [0, 0.05) is 0 Å². The molecule has 15 heavy (non-hydrogen) atoms. The molecule has 0 heterocycles. The highest BCUT2D eigenvalue weighted by Gasteiger charge is 2.28. The number of esters is 1. The zero-order valence-corrected chi connectivity index (χ0v) is 11.0. The average Bonchev–Trinajstić information content (AvgIpc) is 1.94. The molecule has 1 atom stereocenters. The molecule has 3 heteroatoms. The number of carbonyl (C=O) groups excluding carboxylic acids is 1. The van der Waals surface area contributed by atoms with Crippen LogP contribution in [0.3, 0.4) is 0 Å². The smallest absolute Gasteiger partial charge is 0.335 e. The predicted molar refractivity (Wildman–Crippen MR) is 60.8 cm³/mol. The van der Waals surface area contributed by atoms with Crippen molar-refractivity contribution in [2.24, 2.45) is 0 Å². The summed E-state index contributed by atoms with van der Waals surface area (Å²) in [5.74, 6) is -0.278. The average molecular weight is 216 g/mol. The van der Waals surface area contributed by atoms with Crippen molar-refractivity contribution in [3.8, 4) is 0 Å². The molecular weight excluding hydrogens is 192 g/mol. The van der Waals surface area contributed by atoms with Crippen molar-refractivity contribution in [3.05, 3.63) is 0 Å². The summed E-state index contributed by atoms with van der Waals surface area (Å²) < 4.78 is 10.9. The maximum Gasteiger partial charge on any atom is 0.335 e. The first-order chi connectivity index (χ1) is 6.55. The molecule has 0 aromatic carbocycles. The minimum absolute atomic E-state index is 0.278. The van der Waals surface area contributed by atoms with Crippen LogP contribution in [0.25, 0.3) is 0 Å². The minimum Gasteiger partial charge on any atom is -0.458 e. The molecule has 0 amide bonds. The van der Waals surface area contributed by atoms with E-state index in [0.717, 1.165) is 0 Å². The second-order valence-electron chi connectivity index (χ2n) is 5.66. The summed E-state index contributed by atoms with van der Waals surface area (Å²) in [6.07, 6.45) is 0.163. The fourth-order valence-electron chi connectivity index (χ4n) is 1.09. The number of hydrogen-bond donors (Lipinski definition) is 0. The molecule has 0 aromatic heterocycles. The Bertz CT molecular complexity index is 208. The topological polar surface area (TPSA) is 35.5 Å². The van der Waals surface area contributed by atoms with E-state index in [1.54, 1.807) is 0 Å². The van der Waals surface area contributed by atoms with Crippen LogP contribution in [0.4, 0.5) is 0 Å². The first-order valence-corrected chi connectivity index (χ1v) is 5.46. The summed E-state index contributed by atoms with van der Waals surface area (Å²) >= 11 is 0. The fraction of sp³-hybridized carbons (Fsp3) is 0.917. The Balaban J connectivity index is 4.36. The SMILES string of the molecule is CCC(OC(C)(C)C)C(=O)OC(C)(C)C. The lowest BCUT2D eigenvalue weighted by atomic mass is 10.1. The van der Waals surface area contributed by atoms with Gasteiger partial charge < -0.3 is 9.47 Å². The summed E-state index contributed by atoms with van der Waals surface area (Å²) in [4.78, 5) is 11.7. The van der Waals surface area contributed by atoms with Gasteiger partial charge in [0.2, 0.25) is 0 Å². The van der Waals surface area contributed by atoms with Gasteiger partial charge in [-0.25, -0.2) is 4.79 Å². The van der Waals surface area contributed by atoms with Crippen LogP contribution in [-0.4, -0.2) is 23.3 Å². The number of rotatable bonds is 3. The first-order valence-electron chi connectivity index (χ1n) is 5.46. The lowest BCUT2D eigenvalue weighted by Gasteiger charge is -2.28. The Morgan fingerprint density at radius 3 is 1.80 bits per heavy atom. The zero-order valence-electron chi connectivity index (χ0n) is 11.0. The molecule has 0 fully saturated rings. The molecule has 0 radical (unpaired) electrons. The van der Waals surface area contributed by atoms with Crippen molar-refractivity contribution in [1.29, 1.82) is 0 Å². The van der Waals surface area contributed by atoms with Gasteiger partial charge >= 0.3 is 5.97 Å². The third-order valence-electron chi connectivity index (χ3n) is 1.54. The largest absolute Gasteiger partial charge is 0.458 e. The molecule has 0 bridgehead atoms. The van der Waals surface area contributed by atoms with Crippen molar-refractivity contribution in [2.45, 2.75) is 72.2 Å². The van der Waals surface area contributed by atoms with Gasteiger partial charge in [0.1, 0.15) is 5.60 Å². The molecule has 0 saturated carbocycles. The lowest BCUT2D eigenvalue weighted by Crippen LogP contribution is -2.37. The molecule has 0 rings (SSSR count). The molecule has 0 aliphatic carbocycles. The van der Waals surface area contributed by atoms with E-state index in [2.05, 4.69) is 0 Å². The van der Waals surface area contributed by atoms with Crippen LogP contribution >= 0.6 is 0 Å². The number of carbonyl (C=O) groups is 1. The summed E-state index contributed by atoms with van der Waals surface area (Å²) in [6, 6.07) is 0. The van der Waals surface area contributed by atoms with E-state index in [4.69, 9.17) is 9.47 Å². The van der Waals surface area contributed by atoms with Gasteiger partial charge in [-0.1, -0.05) is 6.92 Å². The van der Waals surface area contributed by atoms with Crippen LogP contribution in [0.1, 0.15) is 54.9 Å². The number of ether oxygens (including phenoxy) is 2. The molecule has 0 aliphatic heterocycles. The van der Waals surface area contributed by atoms with Gasteiger partial charge in [-0.2, -0.15) is 0 Å². The van der Waals surface area contributed by atoms with Crippen LogP contribution in [0.2, 0.25) is 0 Å². The molecule has 0 spiro atoms. The Hall–Kier alpha value is -0.570. The Morgan fingerprint density at radius 1 is 1.07 bits per heavy atom. The second kappa shape index (κ2) is 4.97. The van der Waals surface area contributed by atoms with Crippen molar-refractivity contribution in [1.82, 2.24) is 0 Å². The maximum absolute atomic E-state index is 11.7. The van der Waals surface area contributed by atoms with E-state index in [9.17, 15) is 4.79 Å². The van der Waals surface area contributed by atoms with Crippen molar-refractivity contribution >= 4 is 5.97 Å². The number of hydrogen-bond acceptors (Lipinski definition) is 3. The molecule has 3 nitrogen and oxygen atoms in total. The quantitative estimate of drug-likeness (QED) is 0.680. The molecule has 0 saturated heterocycles. The highest BCUT2D eigenvalue weighted by Crippen LogP contribution is 2.17. The van der Waals surface area contributed by atoms with Gasteiger partial charge in [-0.15, -0.1) is 0 Å². The van der Waals surface area contributed by atoms with Crippen LogP contribution in [0.15, 0.2) is 0 Å². The van der Waals surface area contributed by atoms with E-state index in [-0.39, 0.29) is 11.6 Å². The Labute approximate surface area is 93.1 Å². The van der Waals surface area contributed by atoms with Gasteiger partial charge in [0.15, 0.2) is 6.10 Å². The normalized spacial score (nSPS) is 14.9. The molecule has 1 unspecified atom stereocenters. The first kappa shape index (κ1) is 14.4. The van der Waals surface area contributed by atoms with Gasteiger partial charge in [0.25, 0.3) is 0 Å². The monoisotopic (exact) mass is 216 g/mol. The Kier molecular flexibility index (Phi) is 4.78. The van der Waals surface area contributed by atoms with Crippen molar-refractivity contribution in [2.75, 3.05) is 0 Å². The van der Waals surface area contributed by atoms with Gasteiger partial charge in [0.05, 0.1) is 5.60 Å². The Morgan fingerprint density at radius 2 is 1.53 bits per heavy atom. The van der Waals surface area contributed by atoms with Crippen LogP contribution in [0.5, 0.6) is 0 Å². The van der Waals surface area contributed by atoms with E-state index < -0.39 is 11.7 Å². The standard InChI is InChI=1S/C12H24O3/c1-8-9(14-11(2,3)4)10(13)15-12(5,6)7/h9H,8H2,1-7H3. The predicted octanol–water partition coefficient (Wildman–Crippen LogP) is 2.92. The zero-order chi connectivity index (χ0) is 12.3. The highest BCUT2D eigenvalue weighted by molar-refractivity contribution is 5.75. The van der Waals surface area contributed by atoms with E-state index in [1.807, 2.05) is 48.5 Å². The van der Waals surface area contributed by atoms with Crippen LogP contribution < -0.4 is 0 Å². The van der Waals surface area contributed by atoms with Crippen molar-refractivity contribution < 1.29 is 14.3 Å². The summed E-state index contributed by atoms with van der Waals surface area (Å²) in [5.41, 5.74) is -0.774. The third-order valence-corrected chi connectivity index (χ3v) is 1.54. The summed E-state index contributed by atoms with van der Waals surface area (Å²) in [7, 11) is 0. The third kappa shape index (κ3) is 7.37. The van der Waals surface area contributed by atoms with E-state index in [0.29, 0.717) is 6.42 Å². The molecule has 90 valence electrons. The molecule has 0 N–H and O–H groups in total. The van der Waals surface area contributed by atoms with E-state index in [1.165, 1.54) is 0 Å². The van der Waals surface area contributed by atoms with Crippen molar-refractivity contribution in [3.63, 3.8) is 0 Å². The summed E-state index contributed by atoms with van der Waals surface area (Å²) in [5, 5.41) is 0. The second-order valence-corrected chi connectivity index (χ2v) is 5.66. The van der Waals surface area contributed by atoms with Crippen LogP contribution in [0, 0.1) is 0 Å². The maximum atomic E-state index is 11.7. The molecule has 0 aliphatic rings. The lowest BCUT2D eigenvalue weighted by molar-refractivity contribution is -0.177.